The average molecular weight is 1340 g/mol. The molecular weight excluding hydrogens is 1270 g/mol. The predicted octanol–water partition coefficient (Wildman–Crippen LogP) is 21.8. The summed E-state index contributed by atoms with van der Waals surface area (Å²) in [6, 6.07) is 78.2. The first-order valence-electron chi connectivity index (χ1n) is 29.4. The fourth-order valence-corrected chi connectivity index (χ4v) is 11.8. The Morgan fingerprint density at radius 1 is 0.466 bits per heavy atom. The van der Waals surface area contributed by atoms with E-state index in [9.17, 15) is 0 Å². The zero-order valence-corrected chi connectivity index (χ0v) is 52.8. The molecule has 0 N–H and O–H groups in total. The van der Waals surface area contributed by atoms with Gasteiger partial charge in [-0.25, -0.2) is 18.2 Å². The molecule has 0 radical (unpaired) electrons. The summed E-state index contributed by atoms with van der Waals surface area (Å²) in [5.74, 6) is -1.43. The van der Waals surface area contributed by atoms with Gasteiger partial charge in [0.05, 0.1) is 5.56 Å². The molecule has 0 aliphatic carbocycles. The number of ether oxygens (including phenoxy) is 1. The zero-order chi connectivity index (χ0) is 60.5. The molecule has 1 aliphatic heterocycles. The Hall–Kier alpha value is -9.17. The summed E-state index contributed by atoms with van der Waals surface area (Å²) >= 11 is 0. The molecule has 442 valence electrons. The minimum atomic E-state index is -1.03. The van der Waals surface area contributed by atoms with Gasteiger partial charge in [0.2, 0.25) is 0 Å². The topological polar surface area (TPSA) is 36.8 Å². The van der Waals surface area contributed by atoms with Crippen LogP contribution in [0.15, 0.2) is 225 Å². The molecule has 0 unspecified atom stereocenters. The van der Waals surface area contributed by atoms with Crippen LogP contribution in [0.5, 0.6) is 11.5 Å². The van der Waals surface area contributed by atoms with Crippen molar-refractivity contribution in [2.75, 3.05) is 14.7 Å². The number of nitrogens with zero attached hydrogens (tertiary/aromatic N) is 5. The van der Waals surface area contributed by atoms with Crippen LogP contribution in [0.2, 0.25) is 0 Å². The van der Waals surface area contributed by atoms with Gasteiger partial charge in [0.25, 0.3) is 0 Å². The van der Waals surface area contributed by atoms with Crippen molar-refractivity contribution in [1.82, 2.24) is 9.55 Å². The average Bonchev–Trinajstić information content (AvgIpc) is 1.47. The summed E-state index contributed by atoms with van der Waals surface area (Å²) in [7, 11) is 0. The number of rotatable bonds is 11. The van der Waals surface area contributed by atoms with Crippen molar-refractivity contribution < 1.29 is 39.0 Å². The Kier molecular flexibility index (Phi) is 15.6. The summed E-state index contributed by atoms with van der Waals surface area (Å²) in [5, 5.41) is 2.06. The fraction of sp³-hybridized carbons (Fsp3) is 0.154. The van der Waals surface area contributed by atoms with E-state index in [-0.39, 0.29) is 48.4 Å². The zero-order valence-electron chi connectivity index (χ0n) is 50.5. The molecule has 0 amide bonds. The third-order valence-electron chi connectivity index (χ3n) is 16.3. The van der Waals surface area contributed by atoms with E-state index in [1.165, 1.54) is 0 Å². The molecule has 0 fully saturated rings. The van der Waals surface area contributed by atoms with Gasteiger partial charge in [0.1, 0.15) is 23.3 Å². The number of anilines is 7. The Morgan fingerprint density at radius 2 is 1.03 bits per heavy atom. The number of halogens is 3. The molecule has 2 aromatic heterocycles. The first-order chi connectivity index (χ1) is 41.7. The van der Waals surface area contributed by atoms with Crippen LogP contribution >= 0.6 is 0 Å². The van der Waals surface area contributed by atoms with Crippen molar-refractivity contribution in [2.45, 2.75) is 78.6 Å². The molecule has 12 aromatic rings. The number of hydrogen-bond acceptors (Lipinski definition) is 5. The second-order valence-electron chi connectivity index (χ2n) is 25.5. The van der Waals surface area contributed by atoms with Crippen LogP contribution in [-0.2, 0) is 37.3 Å². The van der Waals surface area contributed by atoms with E-state index in [1.54, 1.807) is 0 Å². The van der Waals surface area contributed by atoms with Crippen molar-refractivity contribution in [1.29, 1.82) is 0 Å². The first-order valence-corrected chi connectivity index (χ1v) is 29.4. The Balaban J connectivity index is 0.00000754. The number of hydrogen-bond donors (Lipinski definition) is 0. The number of pyridine rings is 1. The minimum Gasteiger partial charge on any atom is -0.509 e. The maximum absolute atomic E-state index is 17.0. The van der Waals surface area contributed by atoms with Gasteiger partial charge >= 0.3 is 0 Å². The Morgan fingerprint density at radius 3 is 1.66 bits per heavy atom. The third-order valence-corrected chi connectivity index (χ3v) is 16.3. The van der Waals surface area contributed by atoms with Crippen molar-refractivity contribution in [3.63, 3.8) is 0 Å². The molecule has 0 bridgehead atoms. The molecule has 0 saturated carbocycles. The molecule has 10 aromatic carbocycles. The second-order valence-corrected chi connectivity index (χ2v) is 25.5. The molecule has 88 heavy (non-hydrogen) atoms. The van der Waals surface area contributed by atoms with Crippen LogP contribution < -0.4 is 19.4 Å². The van der Waals surface area contributed by atoms with Crippen LogP contribution in [0.1, 0.15) is 79.0 Å². The van der Waals surface area contributed by atoms with Gasteiger partial charge in [0, 0.05) is 96.0 Å². The minimum absolute atomic E-state index is 0. The standard InChI is InChI=1S/C78H65F3N5O.Pt/c1-76(2,3)53-35-36-82-73(42-53)86-69-30-20-19-29-63(69)64-34-33-61(48-72(64)86)87-62-46-59(45-60(47-62)85(57-25-15-11-16-26-57)58-27-17-12-18-28-58)83-49-84(71-32-22-21-31-70(71)83)75-65(52-37-54(77(4,5)6)41-55(38-52)78(7,8)9)39-51(50-23-13-10-14-24-50)40-66(75)74-67(80)43-56(79)44-68(74)81;/h10-45,47,49H,1-9H3;/q-3;. The summed E-state index contributed by atoms with van der Waals surface area (Å²) in [4.78, 5) is 11.2. The molecular formula is C78H65F3N5OPt-3. The van der Waals surface area contributed by atoms with Crippen LogP contribution in [-0.4, -0.2) is 9.55 Å². The van der Waals surface area contributed by atoms with E-state index in [0.29, 0.717) is 28.4 Å². The van der Waals surface area contributed by atoms with Gasteiger partial charge in [-0.2, -0.15) is 6.07 Å². The van der Waals surface area contributed by atoms with Gasteiger partial charge in [-0.3, -0.25) is 0 Å². The van der Waals surface area contributed by atoms with Crippen molar-refractivity contribution >= 4 is 61.6 Å². The molecule has 3 heterocycles. The number of fused-ring (bicyclic) bond motifs is 4. The summed E-state index contributed by atoms with van der Waals surface area (Å²) in [6.45, 7) is 21.7. The third kappa shape index (κ3) is 11.3. The quantitative estimate of drug-likeness (QED) is 0.121. The van der Waals surface area contributed by atoms with E-state index in [1.807, 2.05) is 144 Å². The largest absolute Gasteiger partial charge is 0.509 e. The van der Waals surface area contributed by atoms with Gasteiger partial charge in [-0.05, 0) is 122 Å². The molecule has 13 rings (SSSR count). The van der Waals surface area contributed by atoms with Crippen molar-refractivity contribution in [2.24, 2.45) is 0 Å². The van der Waals surface area contributed by atoms with Crippen LogP contribution in [0.25, 0.3) is 61.0 Å². The number of aromatic nitrogens is 2. The van der Waals surface area contributed by atoms with E-state index in [2.05, 4.69) is 169 Å². The molecule has 0 spiro atoms. The van der Waals surface area contributed by atoms with Gasteiger partial charge < -0.3 is 24.0 Å². The summed E-state index contributed by atoms with van der Waals surface area (Å²) in [6.07, 6.45) is 1.87. The molecule has 0 saturated heterocycles. The Labute approximate surface area is 528 Å². The molecule has 1 aliphatic rings. The predicted molar refractivity (Wildman–Crippen MR) is 351 cm³/mol. The van der Waals surface area contributed by atoms with Gasteiger partial charge in [-0.15, -0.1) is 42.4 Å². The fourth-order valence-electron chi connectivity index (χ4n) is 11.8. The monoisotopic (exact) mass is 1340 g/mol. The maximum Gasteiger partial charge on any atom is 0.136 e. The number of para-hydroxylation sites is 5. The van der Waals surface area contributed by atoms with E-state index < -0.39 is 17.5 Å². The van der Waals surface area contributed by atoms with Gasteiger partial charge in [-0.1, -0.05) is 194 Å². The molecule has 10 heteroatoms. The maximum atomic E-state index is 17.0. The summed E-state index contributed by atoms with van der Waals surface area (Å²) in [5.41, 5.74) is 12.6. The van der Waals surface area contributed by atoms with E-state index >= 15 is 13.2 Å². The van der Waals surface area contributed by atoms with Crippen molar-refractivity contribution in [3.05, 3.63) is 278 Å². The van der Waals surface area contributed by atoms with E-state index in [0.717, 1.165) is 102 Å². The van der Waals surface area contributed by atoms with Crippen LogP contribution in [0.4, 0.5) is 53.0 Å². The number of benzene rings is 10. The van der Waals surface area contributed by atoms with Crippen LogP contribution in [0, 0.1) is 36.3 Å². The summed E-state index contributed by atoms with van der Waals surface area (Å²) < 4.78 is 58.4. The Bertz CT molecular complexity index is 4490. The van der Waals surface area contributed by atoms with E-state index in [4.69, 9.17) is 9.72 Å². The molecule has 0 atom stereocenters. The SMILES string of the molecule is CC(C)(C)c1cc(-c2cc(-c3ccccc3)cc(-c3c(F)cc(F)cc3F)c2N2[CH-]N(c3[c-]c(Oc4[c-]c5c(cc4)c4ccccc4n5-c4cc(C(C)(C)C)ccn4)cc(N(c4ccccc4)c4ccccc4)c3)c3ccccc32)cc(C(C)(C)C)c1.[Pt]. The first kappa shape index (κ1) is 59.2. The van der Waals surface area contributed by atoms with Crippen LogP contribution in [0.3, 0.4) is 0 Å². The van der Waals surface area contributed by atoms with Gasteiger partial charge in [0.15, 0.2) is 0 Å². The smallest absolute Gasteiger partial charge is 0.136 e. The molecule has 6 nitrogen and oxygen atoms in total. The second kappa shape index (κ2) is 23.2. The van der Waals surface area contributed by atoms with Crippen molar-refractivity contribution in [3.8, 4) is 50.7 Å². The normalized spacial score (nSPS) is 12.6.